The molecular formula is C19H25N3O3. The maximum atomic E-state index is 12.6. The van der Waals surface area contributed by atoms with Crippen molar-refractivity contribution in [2.75, 3.05) is 39.3 Å². The highest BCUT2D eigenvalue weighted by atomic mass is 16.5. The molecule has 0 aliphatic carbocycles. The van der Waals surface area contributed by atoms with Crippen LogP contribution in [0.4, 0.5) is 0 Å². The van der Waals surface area contributed by atoms with Crippen molar-refractivity contribution in [2.45, 2.75) is 25.8 Å². The van der Waals surface area contributed by atoms with Gasteiger partial charge in [-0.3, -0.25) is 14.5 Å². The highest BCUT2D eigenvalue weighted by Crippen LogP contribution is 2.26. The molecule has 25 heavy (non-hydrogen) atoms. The van der Waals surface area contributed by atoms with Gasteiger partial charge in [-0.25, -0.2) is 0 Å². The van der Waals surface area contributed by atoms with Crippen LogP contribution in [-0.4, -0.2) is 60.9 Å². The first-order chi connectivity index (χ1) is 12.2. The summed E-state index contributed by atoms with van der Waals surface area (Å²) in [5.41, 5.74) is 2.63. The number of piperidine rings is 1. The van der Waals surface area contributed by atoms with E-state index >= 15 is 0 Å². The molecule has 1 aromatic rings. The van der Waals surface area contributed by atoms with Crippen molar-refractivity contribution in [2.24, 2.45) is 5.92 Å². The summed E-state index contributed by atoms with van der Waals surface area (Å²) in [6.07, 6.45) is 2.16. The molecular weight excluding hydrogens is 318 g/mol. The van der Waals surface area contributed by atoms with Gasteiger partial charge in [-0.05, 0) is 23.6 Å². The van der Waals surface area contributed by atoms with Crippen molar-refractivity contribution < 1.29 is 14.3 Å². The molecule has 2 saturated heterocycles. The van der Waals surface area contributed by atoms with Gasteiger partial charge in [0.15, 0.2) is 0 Å². The summed E-state index contributed by atoms with van der Waals surface area (Å²) in [7, 11) is 0. The summed E-state index contributed by atoms with van der Waals surface area (Å²) in [5, 5.41) is 2.81. The average Bonchev–Trinajstić information content (AvgIpc) is 3.10. The Hall–Kier alpha value is -2.08. The number of carbonyl (C=O) groups excluding carboxylic acids is 2. The molecule has 0 spiro atoms. The third kappa shape index (κ3) is 3.63. The van der Waals surface area contributed by atoms with Gasteiger partial charge in [-0.1, -0.05) is 12.1 Å². The van der Waals surface area contributed by atoms with Gasteiger partial charge in [0.1, 0.15) is 5.75 Å². The highest BCUT2D eigenvalue weighted by Gasteiger charge is 2.30. The smallest absolute Gasteiger partial charge is 0.227 e. The van der Waals surface area contributed by atoms with Crippen LogP contribution in [0, 0.1) is 5.92 Å². The summed E-state index contributed by atoms with van der Waals surface area (Å²) in [4.78, 5) is 28.2. The third-order valence-electron chi connectivity index (χ3n) is 5.46. The number of ether oxygens (including phenoxy) is 1. The fourth-order valence-corrected chi connectivity index (χ4v) is 3.92. The van der Waals surface area contributed by atoms with Gasteiger partial charge < -0.3 is 15.0 Å². The lowest BCUT2D eigenvalue weighted by Gasteiger charge is -2.37. The number of carbonyl (C=O) groups is 2. The van der Waals surface area contributed by atoms with E-state index < -0.39 is 0 Å². The van der Waals surface area contributed by atoms with Gasteiger partial charge >= 0.3 is 0 Å². The first-order valence-corrected chi connectivity index (χ1v) is 9.21. The molecule has 3 aliphatic heterocycles. The lowest BCUT2D eigenvalue weighted by atomic mass is 9.97. The monoisotopic (exact) mass is 343 g/mol. The van der Waals surface area contributed by atoms with Gasteiger partial charge in [0, 0.05) is 52.1 Å². The molecule has 0 saturated carbocycles. The maximum absolute atomic E-state index is 12.6. The molecule has 1 N–H and O–H groups in total. The zero-order valence-electron chi connectivity index (χ0n) is 14.5. The Kier molecular flexibility index (Phi) is 4.61. The van der Waals surface area contributed by atoms with Crippen LogP contribution in [-0.2, 0) is 22.6 Å². The van der Waals surface area contributed by atoms with Crippen LogP contribution in [0.5, 0.6) is 5.75 Å². The van der Waals surface area contributed by atoms with E-state index in [0.717, 1.165) is 51.5 Å². The Labute approximate surface area is 148 Å². The first-order valence-electron chi connectivity index (χ1n) is 9.21. The molecule has 0 bridgehead atoms. The van der Waals surface area contributed by atoms with E-state index in [9.17, 15) is 9.59 Å². The lowest BCUT2D eigenvalue weighted by Crippen LogP contribution is -2.52. The molecule has 1 atom stereocenters. The van der Waals surface area contributed by atoms with E-state index in [4.69, 9.17) is 4.74 Å². The fourth-order valence-electron chi connectivity index (χ4n) is 3.92. The Morgan fingerprint density at radius 3 is 2.80 bits per heavy atom. The SMILES string of the molecule is O=C1CCC(C(=O)N2CCN(Cc3ccc4c(c3)CCO4)CC2)CN1. The number of amides is 2. The van der Waals surface area contributed by atoms with Crippen molar-refractivity contribution >= 4 is 11.8 Å². The van der Waals surface area contributed by atoms with Crippen molar-refractivity contribution in [3.8, 4) is 5.75 Å². The third-order valence-corrected chi connectivity index (χ3v) is 5.46. The quantitative estimate of drug-likeness (QED) is 0.882. The number of hydrogen-bond donors (Lipinski definition) is 1. The van der Waals surface area contributed by atoms with Crippen LogP contribution in [0.1, 0.15) is 24.0 Å². The van der Waals surface area contributed by atoms with E-state index in [0.29, 0.717) is 19.4 Å². The number of nitrogens with zero attached hydrogens (tertiary/aromatic N) is 2. The second-order valence-corrected chi connectivity index (χ2v) is 7.18. The standard InChI is InChI=1S/C19H25N3O3/c23-18-4-2-16(12-20-18)19(24)22-8-6-21(7-9-22)13-14-1-3-17-15(11-14)5-10-25-17/h1,3,11,16H,2,4-10,12-13H2,(H,20,23). The zero-order chi connectivity index (χ0) is 17.2. The van der Waals surface area contributed by atoms with Crippen LogP contribution in [0.25, 0.3) is 0 Å². The number of hydrogen-bond acceptors (Lipinski definition) is 4. The van der Waals surface area contributed by atoms with Gasteiger partial charge in [0.2, 0.25) is 11.8 Å². The molecule has 0 aromatic heterocycles. The maximum Gasteiger partial charge on any atom is 0.227 e. The van der Waals surface area contributed by atoms with Crippen molar-refractivity contribution in [3.05, 3.63) is 29.3 Å². The zero-order valence-corrected chi connectivity index (χ0v) is 14.5. The van der Waals surface area contributed by atoms with E-state index in [-0.39, 0.29) is 17.7 Å². The van der Waals surface area contributed by atoms with Crippen molar-refractivity contribution in [1.82, 2.24) is 15.1 Å². The molecule has 3 aliphatic rings. The van der Waals surface area contributed by atoms with Crippen LogP contribution in [0.2, 0.25) is 0 Å². The Morgan fingerprint density at radius 1 is 1.20 bits per heavy atom. The van der Waals surface area contributed by atoms with Gasteiger partial charge in [-0.2, -0.15) is 0 Å². The van der Waals surface area contributed by atoms with Gasteiger partial charge in [0.05, 0.1) is 12.5 Å². The molecule has 6 heteroatoms. The largest absolute Gasteiger partial charge is 0.493 e. The molecule has 1 unspecified atom stereocenters. The van der Waals surface area contributed by atoms with Gasteiger partial charge in [-0.15, -0.1) is 0 Å². The van der Waals surface area contributed by atoms with Crippen LogP contribution in [0.15, 0.2) is 18.2 Å². The Balaban J connectivity index is 1.28. The number of piperazine rings is 1. The highest BCUT2D eigenvalue weighted by molar-refractivity contribution is 5.83. The predicted molar refractivity (Wildman–Crippen MR) is 93.2 cm³/mol. The number of fused-ring (bicyclic) bond motifs is 1. The number of benzene rings is 1. The second kappa shape index (κ2) is 7.04. The summed E-state index contributed by atoms with van der Waals surface area (Å²) in [5.74, 6) is 1.25. The van der Waals surface area contributed by atoms with E-state index in [2.05, 4.69) is 28.4 Å². The minimum atomic E-state index is -0.0408. The molecule has 4 rings (SSSR count). The molecule has 3 heterocycles. The topological polar surface area (TPSA) is 61.9 Å². The normalized spacial score (nSPS) is 23.8. The van der Waals surface area contributed by atoms with E-state index in [1.165, 1.54) is 11.1 Å². The fraction of sp³-hybridized carbons (Fsp3) is 0.579. The first kappa shape index (κ1) is 16.4. The van der Waals surface area contributed by atoms with Crippen LogP contribution < -0.4 is 10.1 Å². The molecule has 134 valence electrons. The second-order valence-electron chi connectivity index (χ2n) is 7.18. The van der Waals surface area contributed by atoms with Crippen LogP contribution in [0.3, 0.4) is 0 Å². The minimum Gasteiger partial charge on any atom is -0.493 e. The van der Waals surface area contributed by atoms with Crippen molar-refractivity contribution in [1.29, 1.82) is 0 Å². The lowest BCUT2D eigenvalue weighted by molar-refractivity contribution is -0.139. The summed E-state index contributed by atoms with van der Waals surface area (Å²) < 4.78 is 5.56. The molecule has 2 fully saturated rings. The summed E-state index contributed by atoms with van der Waals surface area (Å²) in [6.45, 7) is 5.57. The Morgan fingerprint density at radius 2 is 2.04 bits per heavy atom. The number of nitrogens with one attached hydrogen (secondary N) is 1. The van der Waals surface area contributed by atoms with Crippen molar-refractivity contribution in [3.63, 3.8) is 0 Å². The molecule has 1 aromatic carbocycles. The summed E-state index contributed by atoms with van der Waals surface area (Å²) >= 11 is 0. The minimum absolute atomic E-state index is 0.0408. The van der Waals surface area contributed by atoms with E-state index in [1.54, 1.807) is 0 Å². The molecule has 6 nitrogen and oxygen atoms in total. The van der Waals surface area contributed by atoms with E-state index in [1.807, 2.05) is 4.90 Å². The predicted octanol–water partition coefficient (Wildman–Crippen LogP) is 0.792. The summed E-state index contributed by atoms with van der Waals surface area (Å²) in [6, 6.07) is 6.48. The van der Waals surface area contributed by atoms with Gasteiger partial charge in [0.25, 0.3) is 0 Å². The number of rotatable bonds is 3. The van der Waals surface area contributed by atoms with Crippen LogP contribution >= 0.6 is 0 Å². The molecule has 0 radical (unpaired) electrons. The average molecular weight is 343 g/mol. The Bertz CT molecular complexity index is 658. The molecule has 2 amide bonds.